The van der Waals surface area contributed by atoms with Gasteiger partial charge in [0, 0.05) is 25.2 Å². The van der Waals surface area contributed by atoms with E-state index in [2.05, 4.69) is 5.32 Å². The molecule has 138 valence electrons. The van der Waals surface area contributed by atoms with Crippen molar-refractivity contribution in [1.29, 1.82) is 0 Å². The Morgan fingerprint density at radius 1 is 1.19 bits per heavy atom. The molecule has 0 aliphatic carbocycles. The van der Waals surface area contributed by atoms with Crippen molar-refractivity contribution >= 4 is 15.9 Å². The lowest BCUT2D eigenvalue weighted by atomic mass is 10.2. The molecule has 7 heteroatoms. The average molecular weight is 374 g/mol. The van der Waals surface area contributed by atoms with Crippen molar-refractivity contribution in [3.63, 3.8) is 0 Å². The second-order valence-corrected chi connectivity index (χ2v) is 8.18. The molecule has 0 saturated carbocycles. The summed E-state index contributed by atoms with van der Waals surface area (Å²) in [4.78, 5) is 12.5. The van der Waals surface area contributed by atoms with E-state index in [1.54, 1.807) is 12.1 Å². The van der Waals surface area contributed by atoms with Crippen LogP contribution in [0.3, 0.4) is 0 Å². The van der Waals surface area contributed by atoms with Crippen molar-refractivity contribution in [2.75, 3.05) is 19.7 Å². The number of ether oxygens (including phenoxy) is 1. The molecule has 0 aromatic heterocycles. The van der Waals surface area contributed by atoms with Crippen molar-refractivity contribution in [2.24, 2.45) is 0 Å². The molecule has 1 fully saturated rings. The number of carbonyl (C=O) groups excluding carboxylic acids is 1. The lowest BCUT2D eigenvalue weighted by molar-refractivity contribution is 0.0102. The van der Waals surface area contributed by atoms with E-state index in [1.807, 2.05) is 37.3 Å². The van der Waals surface area contributed by atoms with Gasteiger partial charge in [0.05, 0.1) is 17.6 Å². The lowest BCUT2D eigenvalue weighted by Gasteiger charge is -2.30. The van der Waals surface area contributed by atoms with E-state index in [0.29, 0.717) is 31.8 Å². The molecule has 26 heavy (non-hydrogen) atoms. The monoisotopic (exact) mass is 374 g/mol. The second kappa shape index (κ2) is 7.99. The normalized spacial score (nSPS) is 18.4. The third-order valence-electron chi connectivity index (χ3n) is 4.23. The number of benzene rings is 2. The van der Waals surface area contributed by atoms with Crippen LogP contribution < -0.4 is 5.32 Å². The molecule has 3 rings (SSSR count). The van der Waals surface area contributed by atoms with E-state index >= 15 is 0 Å². The zero-order valence-electron chi connectivity index (χ0n) is 14.6. The SMILES string of the molecule is CC1CN(S(=O)(=O)c2cccc(C(=O)NCc3ccccc3)c2)CCO1. The highest BCUT2D eigenvalue weighted by Gasteiger charge is 2.29. The number of carbonyl (C=O) groups is 1. The Morgan fingerprint density at radius 2 is 1.96 bits per heavy atom. The van der Waals surface area contributed by atoms with Crippen LogP contribution in [0.1, 0.15) is 22.8 Å². The van der Waals surface area contributed by atoms with Crippen LogP contribution in [-0.2, 0) is 21.3 Å². The lowest BCUT2D eigenvalue weighted by Crippen LogP contribution is -2.44. The first-order valence-corrected chi connectivity index (χ1v) is 9.95. The van der Waals surface area contributed by atoms with Crippen molar-refractivity contribution in [2.45, 2.75) is 24.5 Å². The van der Waals surface area contributed by atoms with Crippen molar-refractivity contribution in [3.8, 4) is 0 Å². The first kappa shape index (κ1) is 18.6. The molecule has 2 aromatic carbocycles. The number of amides is 1. The van der Waals surface area contributed by atoms with Gasteiger partial charge in [-0.15, -0.1) is 0 Å². The zero-order chi connectivity index (χ0) is 18.6. The predicted molar refractivity (Wildman–Crippen MR) is 98.2 cm³/mol. The molecule has 1 aliphatic rings. The van der Waals surface area contributed by atoms with E-state index in [-0.39, 0.29) is 16.9 Å². The van der Waals surface area contributed by atoms with Crippen LogP contribution in [0, 0.1) is 0 Å². The molecule has 2 aromatic rings. The van der Waals surface area contributed by atoms with Crippen molar-refractivity contribution < 1.29 is 17.9 Å². The third kappa shape index (κ3) is 4.30. The van der Waals surface area contributed by atoms with Gasteiger partial charge in [0.2, 0.25) is 10.0 Å². The average Bonchev–Trinajstić information content (AvgIpc) is 2.67. The minimum atomic E-state index is -3.64. The Balaban J connectivity index is 1.74. The maximum Gasteiger partial charge on any atom is 0.251 e. The molecule has 1 atom stereocenters. The van der Waals surface area contributed by atoms with Gasteiger partial charge in [-0.25, -0.2) is 8.42 Å². The summed E-state index contributed by atoms with van der Waals surface area (Å²) in [5.41, 5.74) is 1.30. The highest BCUT2D eigenvalue weighted by molar-refractivity contribution is 7.89. The molecule has 1 unspecified atom stereocenters. The molecule has 1 aliphatic heterocycles. The molecule has 1 heterocycles. The van der Waals surface area contributed by atoms with E-state index in [4.69, 9.17) is 4.74 Å². The summed E-state index contributed by atoms with van der Waals surface area (Å²) in [5, 5.41) is 2.81. The van der Waals surface area contributed by atoms with E-state index < -0.39 is 10.0 Å². The molecule has 0 bridgehead atoms. The van der Waals surface area contributed by atoms with Crippen LogP contribution in [0.2, 0.25) is 0 Å². The Morgan fingerprint density at radius 3 is 2.69 bits per heavy atom. The summed E-state index contributed by atoms with van der Waals surface area (Å²) in [6, 6.07) is 15.7. The quantitative estimate of drug-likeness (QED) is 0.869. The van der Waals surface area contributed by atoms with Crippen LogP contribution in [0.4, 0.5) is 0 Å². The molecular weight excluding hydrogens is 352 g/mol. The number of hydrogen-bond donors (Lipinski definition) is 1. The highest BCUT2D eigenvalue weighted by Crippen LogP contribution is 2.20. The molecule has 1 saturated heterocycles. The maximum atomic E-state index is 12.8. The predicted octanol–water partition coefficient (Wildman–Crippen LogP) is 2.03. The van der Waals surface area contributed by atoms with Gasteiger partial charge >= 0.3 is 0 Å². The van der Waals surface area contributed by atoms with Crippen molar-refractivity contribution in [1.82, 2.24) is 9.62 Å². The van der Waals surface area contributed by atoms with Gasteiger partial charge in [-0.1, -0.05) is 36.4 Å². The zero-order valence-corrected chi connectivity index (χ0v) is 15.4. The second-order valence-electron chi connectivity index (χ2n) is 6.24. The number of nitrogens with zero attached hydrogens (tertiary/aromatic N) is 1. The largest absolute Gasteiger partial charge is 0.376 e. The van der Waals surface area contributed by atoms with Crippen LogP contribution in [0.25, 0.3) is 0 Å². The third-order valence-corrected chi connectivity index (χ3v) is 6.09. The van der Waals surface area contributed by atoms with Crippen LogP contribution in [-0.4, -0.2) is 44.4 Å². The Labute approximate surface area is 153 Å². The number of nitrogens with one attached hydrogen (secondary N) is 1. The Kier molecular flexibility index (Phi) is 5.70. The number of morpholine rings is 1. The van der Waals surface area contributed by atoms with E-state index in [0.717, 1.165) is 5.56 Å². The van der Waals surface area contributed by atoms with Crippen LogP contribution in [0.5, 0.6) is 0 Å². The van der Waals surface area contributed by atoms with Crippen molar-refractivity contribution in [3.05, 3.63) is 65.7 Å². The summed E-state index contributed by atoms with van der Waals surface area (Å²) in [7, 11) is -3.64. The number of rotatable bonds is 5. The summed E-state index contributed by atoms with van der Waals surface area (Å²) >= 11 is 0. The minimum Gasteiger partial charge on any atom is -0.376 e. The first-order valence-electron chi connectivity index (χ1n) is 8.51. The molecule has 6 nitrogen and oxygen atoms in total. The topological polar surface area (TPSA) is 75.7 Å². The van der Waals surface area contributed by atoms with Gasteiger partial charge in [0.15, 0.2) is 0 Å². The fourth-order valence-corrected chi connectivity index (χ4v) is 4.38. The van der Waals surface area contributed by atoms with Gasteiger partial charge < -0.3 is 10.1 Å². The highest BCUT2D eigenvalue weighted by atomic mass is 32.2. The van der Waals surface area contributed by atoms with Gasteiger partial charge in [-0.05, 0) is 30.7 Å². The number of sulfonamides is 1. The summed E-state index contributed by atoms with van der Waals surface area (Å²) in [6.45, 7) is 3.23. The Bertz CT molecular complexity index is 868. The van der Waals surface area contributed by atoms with E-state index in [9.17, 15) is 13.2 Å². The van der Waals surface area contributed by atoms with Crippen LogP contribution in [0.15, 0.2) is 59.5 Å². The Hall–Kier alpha value is -2.22. The van der Waals surface area contributed by atoms with Gasteiger partial charge in [0.1, 0.15) is 0 Å². The fraction of sp³-hybridized carbons (Fsp3) is 0.316. The van der Waals surface area contributed by atoms with Crippen LogP contribution >= 0.6 is 0 Å². The summed E-state index contributed by atoms with van der Waals surface area (Å²) in [6.07, 6.45) is -0.143. The first-order chi connectivity index (χ1) is 12.5. The molecule has 1 amide bonds. The number of hydrogen-bond acceptors (Lipinski definition) is 4. The molecule has 0 spiro atoms. The minimum absolute atomic E-state index is 0.124. The standard InChI is InChI=1S/C19H22N2O4S/c1-15-14-21(10-11-25-15)26(23,24)18-9-5-8-17(12-18)19(22)20-13-16-6-3-2-4-7-16/h2-9,12,15H,10-11,13-14H2,1H3,(H,20,22). The maximum absolute atomic E-state index is 12.8. The van der Waals surface area contributed by atoms with Gasteiger partial charge in [0.25, 0.3) is 5.91 Å². The van der Waals surface area contributed by atoms with Gasteiger partial charge in [-0.2, -0.15) is 4.31 Å². The molecular formula is C19H22N2O4S. The molecule has 1 N–H and O–H groups in total. The van der Waals surface area contributed by atoms with E-state index in [1.165, 1.54) is 16.4 Å². The summed E-state index contributed by atoms with van der Waals surface area (Å²) < 4.78 is 32.5. The smallest absolute Gasteiger partial charge is 0.251 e. The molecule has 0 radical (unpaired) electrons. The fourth-order valence-electron chi connectivity index (χ4n) is 2.83. The summed E-state index contributed by atoms with van der Waals surface area (Å²) in [5.74, 6) is -0.304. The van der Waals surface area contributed by atoms with Gasteiger partial charge in [-0.3, -0.25) is 4.79 Å².